The Balaban J connectivity index is 2.47. The van der Waals surface area contributed by atoms with Crippen molar-refractivity contribution >= 4 is 5.69 Å². The fourth-order valence-corrected chi connectivity index (χ4v) is 2.06. The maximum absolute atomic E-state index is 3.56. The summed E-state index contributed by atoms with van der Waals surface area (Å²) in [4.78, 5) is 0. The second kappa shape index (κ2) is 8.16. The summed E-state index contributed by atoms with van der Waals surface area (Å²) in [5, 5.41) is 3.56. The van der Waals surface area contributed by atoms with Crippen LogP contribution in [0.15, 0.2) is 24.3 Å². The number of anilines is 1. The summed E-state index contributed by atoms with van der Waals surface area (Å²) >= 11 is 0. The maximum Gasteiger partial charge on any atom is 0.0343 e. The van der Waals surface area contributed by atoms with E-state index in [1.165, 1.54) is 43.4 Å². The molecular formula is C16H27N. The third-order valence-corrected chi connectivity index (χ3v) is 3.50. The lowest BCUT2D eigenvalue weighted by Gasteiger charge is -2.14. The van der Waals surface area contributed by atoms with Crippen molar-refractivity contribution in [2.45, 2.75) is 52.9 Å². The number of rotatable bonds is 8. The number of hydrogen-bond donors (Lipinski definition) is 1. The molecule has 0 unspecified atom stereocenters. The molecule has 0 fully saturated rings. The highest BCUT2D eigenvalue weighted by molar-refractivity contribution is 5.45. The molecule has 0 heterocycles. The van der Waals surface area contributed by atoms with E-state index in [1.54, 1.807) is 0 Å². The summed E-state index contributed by atoms with van der Waals surface area (Å²) in [5.74, 6) is 0.800. The van der Waals surface area contributed by atoms with Crippen LogP contribution in [0.25, 0.3) is 0 Å². The Labute approximate surface area is 107 Å². The molecule has 0 aliphatic rings. The number of unbranched alkanes of at least 4 members (excludes halogenated alkanes) is 1. The third kappa shape index (κ3) is 5.25. The zero-order chi connectivity index (χ0) is 12.5. The molecule has 1 nitrogen and oxygen atoms in total. The van der Waals surface area contributed by atoms with Crippen LogP contribution in [0.4, 0.5) is 5.69 Å². The molecule has 0 aliphatic heterocycles. The van der Waals surface area contributed by atoms with Crippen molar-refractivity contribution in [3.8, 4) is 0 Å². The topological polar surface area (TPSA) is 12.0 Å². The Hall–Kier alpha value is -0.980. The highest BCUT2D eigenvalue weighted by Gasteiger charge is 2.03. The lowest BCUT2D eigenvalue weighted by Crippen LogP contribution is -2.12. The fraction of sp³-hybridized carbons (Fsp3) is 0.625. The zero-order valence-electron chi connectivity index (χ0n) is 11.6. The Bertz CT molecular complexity index is 302. The normalized spacial score (nSPS) is 10.8. The summed E-state index contributed by atoms with van der Waals surface area (Å²) in [5.41, 5.74) is 2.74. The van der Waals surface area contributed by atoms with Crippen molar-refractivity contribution in [2.24, 2.45) is 5.92 Å². The van der Waals surface area contributed by atoms with Gasteiger partial charge < -0.3 is 5.32 Å². The molecule has 1 rings (SSSR count). The maximum atomic E-state index is 3.56. The molecule has 96 valence electrons. The van der Waals surface area contributed by atoms with Crippen LogP contribution in [0, 0.1) is 5.92 Å². The Morgan fingerprint density at radius 2 is 1.88 bits per heavy atom. The van der Waals surface area contributed by atoms with Crippen molar-refractivity contribution in [3.63, 3.8) is 0 Å². The van der Waals surface area contributed by atoms with Gasteiger partial charge in [0.2, 0.25) is 0 Å². The van der Waals surface area contributed by atoms with Gasteiger partial charge in [0, 0.05) is 12.2 Å². The number of benzene rings is 1. The van der Waals surface area contributed by atoms with E-state index in [1.807, 2.05) is 0 Å². The van der Waals surface area contributed by atoms with E-state index in [0.717, 1.165) is 12.5 Å². The lowest BCUT2D eigenvalue weighted by atomic mass is 10.0. The van der Waals surface area contributed by atoms with Crippen LogP contribution in [0.2, 0.25) is 0 Å². The van der Waals surface area contributed by atoms with Gasteiger partial charge in [0.05, 0.1) is 0 Å². The predicted molar refractivity (Wildman–Crippen MR) is 77.6 cm³/mol. The van der Waals surface area contributed by atoms with Gasteiger partial charge in [-0.3, -0.25) is 0 Å². The van der Waals surface area contributed by atoms with Crippen LogP contribution < -0.4 is 5.32 Å². The first kappa shape index (κ1) is 14.1. The second-order valence-electron chi connectivity index (χ2n) is 4.87. The van der Waals surface area contributed by atoms with Gasteiger partial charge in [-0.15, -0.1) is 0 Å². The molecule has 0 saturated carbocycles. The monoisotopic (exact) mass is 233 g/mol. The second-order valence-corrected chi connectivity index (χ2v) is 4.87. The van der Waals surface area contributed by atoms with Crippen molar-refractivity contribution in [3.05, 3.63) is 29.8 Å². The predicted octanol–water partition coefficient (Wildman–Crippen LogP) is 4.88. The molecule has 17 heavy (non-hydrogen) atoms. The smallest absolute Gasteiger partial charge is 0.0343 e. The van der Waals surface area contributed by atoms with Gasteiger partial charge in [-0.1, -0.05) is 52.2 Å². The summed E-state index contributed by atoms with van der Waals surface area (Å²) < 4.78 is 0. The summed E-state index contributed by atoms with van der Waals surface area (Å²) in [6.07, 6.45) is 6.29. The van der Waals surface area contributed by atoms with Crippen molar-refractivity contribution in [1.29, 1.82) is 0 Å². The lowest BCUT2D eigenvalue weighted by molar-refractivity contribution is 0.519. The van der Waals surface area contributed by atoms with Gasteiger partial charge in [0.25, 0.3) is 0 Å². The van der Waals surface area contributed by atoms with Gasteiger partial charge >= 0.3 is 0 Å². The molecule has 0 bridgehead atoms. The molecule has 0 atom stereocenters. The van der Waals surface area contributed by atoms with E-state index in [4.69, 9.17) is 0 Å². The van der Waals surface area contributed by atoms with Gasteiger partial charge in [-0.05, 0) is 36.5 Å². The SMILES string of the molecule is CCCCc1cccc(NCC(CC)CC)c1. The van der Waals surface area contributed by atoms with Crippen LogP contribution in [-0.4, -0.2) is 6.54 Å². The molecule has 0 amide bonds. The highest BCUT2D eigenvalue weighted by Crippen LogP contribution is 2.15. The summed E-state index contributed by atoms with van der Waals surface area (Å²) in [6, 6.07) is 8.88. The standard InChI is InChI=1S/C16H27N/c1-4-7-9-15-10-8-11-16(12-15)17-13-14(5-2)6-3/h8,10-12,14,17H,4-7,9,13H2,1-3H3. The van der Waals surface area contributed by atoms with E-state index in [-0.39, 0.29) is 0 Å². The third-order valence-electron chi connectivity index (χ3n) is 3.50. The average Bonchev–Trinajstić information content (AvgIpc) is 2.38. The highest BCUT2D eigenvalue weighted by atomic mass is 14.9. The summed E-state index contributed by atoms with van der Waals surface area (Å²) in [7, 11) is 0. The number of aryl methyl sites for hydroxylation is 1. The first-order chi connectivity index (χ1) is 8.30. The van der Waals surface area contributed by atoms with Gasteiger partial charge in [-0.25, -0.2) is 0 Å². The molecule has 1 aromatic rings. The van der Waals surface area contributed by atoms with Crippen molar-refractivity contribution < 1.29 is 0 Å². The van der Waals surface area contributed by atoms with Crippen LogP contribution in [0.3, 0.4) is 0 Å². The van der Waals surface area contributed by atoms with Crippen LogP contribution >= 0.6 is 0 Å². The van der Waals surface area contributed by atoms with E-state index in [0.29, 0.717) is 0 Å². The number of nitrogens with one attached hydrogen (secondary N) is 1. The zero-order valence-corrected chi connectivity index (χ0v) is 11.6. The van der Waals surface area contributed by atoms with Crippen molar-refractivity contribution in [1.82, 2.24) is 0 Å². The van der Waals surface area contributed by atoms with E-state index in [9.17, 15) is 0 Å². The number of hydrogen-bond acceptors (Lipinski definition) is 1. The molecule has 0 spiro atoms. The van der Waals surface area contributed by atoms with Crippen LogP contribution in [0.5, 0.6) is 0 Å². The Morgan fingerprint density at radius 3 is 2.53 bits per heavy atom. The summed E-state index contributed by atoms with van der Waals surface area (Å²) in [6.45, 7) is 7.89. The largest absolute Gasteiger partial charge is 0.385 e. The van der Waals surface area contributed by atoms with E-state index >= 15 is 0 Å². The molecule has 1 N–H and O–H groups in total. The molecule has 1 aromatic carbocycles. The van der Waals surface area contributed by atoms with E-state index in [2.05, 4.69) is 50.4 Å². The van der Waals surface area contributed by atoms with Gasteiger partial charge in [0.15, 0.2) is 0 Å². The average molecular weight is 233 g/mol. The quantitative estimate of drug-likeness (QED) is 0.675. The van der Waals surface area contributed by atoms with Gasteiger partial charge in [-0.2, -0.15) is 0 Å². The first-order valence-electron chi connectivity index (χ1n) is 7.12. The minimum absolute atomic E-state index is 0.800. The van der Waals surface area contributed by atoms with Crippen LogP contribution in [-0.2, 0) is 6.42 Å². The van der Waals surface area contributed by atoms with Crippen LogP contribution in [0.1, 0.15) is 52.0 Å². The Kier molecular flexibility index (Phi) is 6.76. The van der Waals surface area contributed by atoms with Crippen molar-refractivity contribution in [2.75, 3.05) is 11.9 Å². The minimum atomic E-state index is 0.800. The molecule has 0 radical (unpaired) electrons. The Morgan fingerprint density at radius 1 is 1.12 bits per heavy atom. The molecular weight excluding hydrogens is 206 g/mol. The van der Waals surface area contributed by atoms with E-state index < -0.39 is 0 Å². The van der Waals surface area contributed by atoms with Gasteiger partial charge in [0.1, 0.15) is 0 Å². The minimum Gasteiger partial charge on any atom is -0.385 e. The molecule has 0 saturated heterocycles. The molecule has 1 heteroatoms. The molecule has 0 aromatic heterocycles. The molecule has 0 aliphatic carbocycles. The fourth-order valence-electron chi connectivity index (χ4n) is 2.06. The first-order valence-corrected chi connectivity index (χ1v) is 7.12.